The van der Waals surface area contributed by atoms with Crippen LogP contribution in [0.25, 0.3) is 0 Å². The molecule has 90 valence electrons. The fourth-order valence-electron chi connectivity index (χ4n) is 1.22. The highest BCUT2D eigenvalue weighted by Gasteiger charge is 2.11. The van der Waals surface area contributed by atoms with E-state index < -0.39 is 16.1 Å². The monoisotopic (exact) mass is 247 g/mol. The number of halogens is 1. The van der Waals surface area contributed by atoms with Gasteiger partial charge in [-0.15, -0.1) is 0 Å². The van der Waals surface area contributed by atoms with Crippen LogP contribution in [-0.2, 0) is 10.0 Å². The van der Waals surface area contributed by atoms with E-state index in [0.29, 0.717) is 11.1 Å². The molecule has 0 fully saturated rings. The van der Waals surface area contributed by atoms with Gasteiger partial charge in [0, 0.05) is 6.54 Å². The van der Waals surface area contributed by atoms with Crippen molar-refractivity contribution in [2.75, 3.05) is 12.8 Å². The van der Waals surface area contributed by atoms with Gasteiger partial charge in [-0.1, -0.05) is 12.1 Å². The lowest BCUT2D eigenvalue weighted by atomic mass is 10.1. The van der Waals surface area contributed by atoms with Gasteiger partial charge in [-0.05, 0) is 24.1 Å². The number of sulfonamides is 1. The molecule has 0 bridgehead atoms. The van der Waals surface area contributed by atoms with Gasteiger partial charge in [0.15, 0.2) is 0 Å². The summed E-state index contributed by atoms with van der Waals surface area (Å²) in [5.74, 6) is -0.355. The van der Waals surface area contributed by atoms with Crippen molar-refractivity contribution in [1.82, 2.24) is 4.72 Å². The van der Waals surface area contributed by atoms with Crippen molar-refractivity contribution in [2.24, 2.45) is 0 Å². The maximum atomic E-state index is 12.9. The minimum Gasteiger partial charge on any atom is -0.387 e. The molecule has 4 nitrogen and oxygen atoms in total. The molecule has 0 heterocycles. The summed E-state index contributed by atoms with van der Waals surface area (Å²) in [6.07, 6.45) is 0.0318. The SMILES string of the molecule is Cc1cc(C(O)CNS(C)(=O)=O)ccc1F. The zero-order valence-electron chi connectivity index (χ0n) is 9.07. The van der Waals surface area contributed by atoms with Gasteiger partial charge < -0.3 is 5.11 Å². The first-order chi connectivity index (χ1) is 7.29. The molecule has 0 aliphatic rings. The van der Waals surface area contributed by atoms with Crippen molar-refractivity contribution in [3.8, 4) is 0 Å². The summed E-state index contributed by atoms with van der Waals surface area (Å²) < 4.78 is 36.7. The number of aliphatic hydroxyl groups is 1. The maximum Gasteiger partial charge on any atom is 0.208 e. The Kier molecular flexibility index (Phi) is 4.01. The molecular weight excluding hydrogens is 233 g/mol. The summed E-state index contributed by atoms with van der Waals surface area (Å²) in [5, 5.41) is 9.65. The Labute approximate surface area is 94.2 Å². The Morgan fingerprint density at radius 1 is 1.50 bits per heavy atom. The van der Waals surface area contributed by atoms with E-state index in [-0.39, 0.29) is 12.4 Å². The standard InChI is InChI=1S/C10H14FNO3S/c1-7-5-8(3-4-9(7)11)10(13)6-12-16(2,14)15/h3-5,10,12-13H,6H2,1-2H3. The second-order valence-corrected chi connectivity index (χ2v) is 5.48. The highest BCUT2D eigenvalue weighted by atomic mass is 32.2. The first-order valence-corrected chi connectivity index (χ1v) is 6.57. The second kappa shape index (κ2) is 4.90. The Hall–Kier alpha value is -0.980. The third kappa shape index (κ3) is 3.88. The summed E-state index contributed by atoms with van der Waals surface area (Å²) in [7, 11) is -3.33. The van der Waals surface area contributed by atoms with Crippen LogP contribution in [0.15, 0.2) is 18.2 Å². The molecule has 1 unspecified atom stereocenters. The first kappa shape index (κ1) is 13.1. The van der Waals surface area contributed by atoms with E-state index in [0.717, 1.165) is 6.26 Å². The van der Waals surface area contributed by atoms with E-state index in [1.54, 1.807) is 6.92 Å². The predicted octanol–water partition coefficient (Wildman–Crippen LogP) is 0.717. The number of benzene rings is 1. The highest BCUT2D eigenvalue weighted by molar-refractivity contribution is 7.88. The third-order valence-corrected chi connectivity index (χ3v) is 2.80. The van der Waals surface area contributed by atoms with Gasteiger partial charge >= 0.3 is 0 Å². The van der Waals surface area contributed by atoms with Crippen LogP contribution in [0, 0.1) is 12.7 Å². The average molecular weight is 247 g/mol. The summed E-state index contributed by atoms with van der Waals surface area (Å²) in [4.78, 5) is 0. The van der Waals surface area contributed by atoms with Gasteiger partial charge in [0.2, 0.25) is 10.0 Å². The van der Waals surface area contributed by atoms with Crippen LogP contribution in [0.4, 0.5) is 4.39 Å². The zero-order valence-corrected chi connectivity index (χ0v) is 9.88. The lowest BCUT2D eigenvalue weighted by Gasteiger charge is -2.12. The largest absolute Gasteiger partial charge is 0.387 e. The molecule has 16 heavy (non-hydrogen) atoms. The second-order valence-electron chi connectivity index (χ2n) is 3.65. The molecule has 0 amide bonds. The maximum absolute atomic E-state index is 12.9. The molecule has 6 heteroatoms. The Balaban J connectivity index is 2.73. The van der Waals surface area contributed by atoms with E-state index in [1.165, 1.54) is 18.2 Å². The number of hydrogen-bond donors (Lipinski definition) is 2. The highest BCUT2D eigenvalue weighted by Crippen LogP contribution is 2.16. The topological polar surface area (TPSA) is 66.4 Å². The molecule has 0 aliphatic heterocycles. The van der Waals surface area contributed by atoms with E-state index in [2.05, 4.69) is 4.72 Å². The van der Waals surface area contributed by atoms with Gasteiger partial charge in [-0.3, -0.25) is 0 Å². The fraction of sp³-hybridized carbons (Fsp3) is 0.400. The van der Waals surface area contributed by atoms with E-state index in [4.69, 9.17) is 0 Å². The Bertz CT molecular complexity index is 473. The molecule has 0 saturated carbocycles. The third-order valence-electron chi connectivity index (χ3n) is 2.11. The fourth-order valence-corrected chi connectivity index (χ4v) is 1.68. The van der Waals surface area contributed by atoms with Crippen LogP contribution in [0.3, 0.4) is 0 Å². The smallest absolute Gasteiger partial charge is 0.208 e. The molecule has 0 aromatic heterocycles. The molecule has 1 aromatic rings. The van der Waals surface area contributed by atoms with Crippen molar-refractivity contribution in [3.63, 3.8) is 0 Å². The summed E-state index contributed by atoms with van der Waals surface area (Å²) >= 11 is 0. The molecule has 1 atom stereocenters. The Morgan fingerprint density at radius 3 is 2.62 bits per heavy atom. The summed E-state index contributed by atoms with van der Waals surface area (Å²) in [6.45, 7) is 1.46. The minimum atomic E-state index is -3.33. The van der Waals surface area contributed by atoms with Gasteiger partial charge in [0.1, 0.15) is 5.82 Å². The molecule has 0 aliphatic carbocycles. The molecule has 0 radical (unpaired) electrons. The van der Waals surface area contributed by atoms with Crippen LogP contribution in [0.5, 0.6) is 0 Å². The number of rotatable bonds is 4. The van der Waals surface area contributed by atoms with Crippen LogP contribution < -0.4 is 4.72 Å². The lowest BCUT2D eigenvalue weighted by molar-refractivity contribution is 0.182. The number of nitrogens with one attached hydrogen (secondary N) is 1. The first-order valence-electron chi connectivity index (χ1n) is 4.68. The normalized spacial score (nSPS) is 13.8. The van der Waals surface area contributed by atoms with Crippen LogP contribution in [0.1, 0.15) is 17.2 Å². The molecule has 1 aromatic carbocycles. The Morgan fingerprint density at radius 2 is 2.12 bits per heavy atom. The number of aryl methyl sites for hydroxylation is 1. The van der Waals surface area contributed by atoms with E-state index >= 15 is 0 Å². The van der Waals surface area contributed by atoms with Crippen molar-refractivity contribution in [3.05, 3.63) is 35.1 Å². The van der Waals surface area contributed by atoms with Crippen molar-refractivity contribution < 1.29 is 17.9 Å². The van der Waals surface area contributed by atoms with Crippen molar-refractivity contribution >= 4 is 10.0 Å². The molecule has 0 saturated heterocycles. The number of aliphatic hydroxyl groups excluding tert-OH is 1. The molecular formula is C10H14FNO3S. The van der Waals surface area contributed by atoms with Gasteiger partial charge in [-0.25, -0.2) is 17.5 Å². The van der Waals surface area contributed by atoms with Crippen LogP contribution in [-0.4, -0.2) is 26.3 Å². The minimum absolute atomic E-state index is 0.121. The molecule has 1 rings (SSSR count). The molecule has 2 N–H and O–H groups in total. The zero-order chi connectivity index (χ0) is 12.3. The van der Waals surface area contributed by atoms with Crippen molar-refractivity contribution in [2.45, 2.75) is 13.0 Å². The van der Waals surface area contributed by atoms with E-state index in [1.807, 2.05) is 0 Å². The van der Waals surface area contributed by atoms with Crippen molar-refractivity contribution in [1.29, 1.82) is 0 Å². The summed E-state index contributed by atoms with van der Waals surface area (Å²) in [6, 6.07) is 4.16. The van der Waals surface area contributed by atoms with Gasteiger partial charge in [0.25, 0.3) is 0 Å². The lowest BCUT2D eigenvalue weighted by Crippen LogP contribution is -2.27. The molecule has 0 spiro atoms. The van der Waals surface area contributed by atoms with Crippen LogP contribution in [0.2, 0.25) is 0 Å². The predicted molar refractivity (Wildman–Crippen MR) is 58.9 cm³/mol. The average Bonchev–Trinajstić information content (AvgIpc) is 2.17. The van der Waals surface area contributed by atoms with Gasteiger partial charge in [-0.2, -0.15) is 0 Å². The number of hydrogen-bond acceptors (Lipinski definition) is 3. The van der Waals surface area contributed by atoms with E-state index in [9.17, 15) is 17.9 Å². The van der Waals surface area contributed by atoms with Gasteiger partial charge in [0.05, 0.1) is 12.4 Å². The summed E-state index contributed by atoms with van der Waals surface area (Å²) in [5.41, 5.74) is 0.894. The van der Waals surface area contributed by atoms with Crippen LogP contribution >= 0.6 is 0 Å². The quantitative estimate of drug-likeness (QED) is 0.823.